The van der Waals surface area contributed by atoms with Crippen molar-refractivity contribution in [2.24, 2.45) is 0 Å². The topological polar surface area (TPSA) is 85.7 Å². The number of anilines is 1. The third-order valence-electron chi connectivity index (χ3n) is 4.63. The average molecular weight is 413 g/mol. The highest BCUT2D eigenvalue weighted by Crippen LogP contribution is 2.19. The second-order valence-corrected chi connectivity index (χ2v) is 6.95. The first-order valence-corrected chi connectivity index (χ1v) is 9.61. The van der Waals surface area contributed by atoms with Gasteiger partial charge in [0.1, 0.15) is 11.8 Å². The fourth-order valence-electron chi connectivity index (χ4n) is 3.03. The summed E-state index contributed by atoms with van der Waals surface area (Å²) in [6.45, 7) is 2.27. The maximum absolute atomic E-state index is 12.4. The number of halogens is 1. The van der Waals surface area contributed by atoms with Crippen LogP contribution in [-0.4, -0.2) is 56.0 Å². The van der Waals surface area contributed by atoms with E-state index in [9.17, 15) is 9.59 Å². The molecule has 2 aromatic carbocycles. The van der Waals surface area contributed by atoms with Gasteiger partial charge in [0.15, 0.2) is 6.61 Å². The van der Waals surface area contributed by atoms with Crippen LogP contribution in [-0.2, 0) is 9.59 Å². The maximum Gasteiger partial charge on any atom is 0.258 e. The number of amides is 2. The van der Waals surface area contributed by atoms with Crippen molar-refractivity contribution in [2.75, 3.05) is 44.2 Å². The Labute approximate surface area is 174 Å². The number of para-hydroxylation sites is 1. The molecule has 1 heterocycles. The number of carbonyl (C=O) groups excluding carboxylic acids is 2. The van der Waals surface area contributed by atoms with Crippen molar-refractivity contribution < 1.29 is 14.3 Å². The van der Waals surface area contributed by atoms with Crippen LogP contribution in [0.3, 0.4) is 0 Å². The quantitative estimate of drug-likeness (QED) is 0.784. The van der Waals surface area contributed by atoms with Gasteiger partial charge in [-0.2, -0.15) is 5.26 Å². The lowest BCUT2D eigenvalue weighted by Crippen LogP contribution is -2.51. The number of benzene rings is 2. The molecule has 1 aliphatic heterocycles. The number of hydrogen-bond donors (Lipinski definition) is 1. The van der Waals surface area contributed by atoms with E-state index < -0.39 is 5.91 Å². The van der Waals surface area contributed by atoms with Gasteiger partial charge in [0, 0.05) is 36.9 Å². The van der Waals surface area contributed by atoms with Crippen molar-refractivity contribution in [1.29, 1.82) is 5.26 Å². The van der Waals surface area contributed by atoms with Crippen LogP contribution >= 0.6 is 11.6 Å². The zero-order valence-electron chi connectivity index (χ0n) is 15.8. The Morgan fingerprint density at radius 1 is 1.07 bits per heavy atom. The molecule has 3 rings (SSSR count). The molecule has 0 bridgehead atoms. The van der Waals surface area contributed by atoms with Crippen LogP contribution in [0.5, 0.6) is 5.75 Å². The average Bonchev–Trinajstić information content (AvgIpc) is 2.77. The van der Waals surface area contributed by atoms with Crippen LogP contribution in [0.25, 0.3) is 0 Å². The van der Waals surface area contributed by atoms with Crippen molar-refractivity contribution in [3.8, 4) is 11.8 Å². The number of hydrogen-bond acceptors (Lipinski definition) is 5. The molecule has 1 fully saturated rings. The molecular formula is C21H21ClN4O3. The van der Waals surface area contributed by atoms with E-state index >= 15 is 0 Å². The third-order valence-corrected chi connectivity index (χ3v) is 4.88. The van der Waals surface area contributed by atoms with Crippen molar-refractivity contribution in [3.63, 3.8) is 0 Å². The number of nitriles is 1. The van der Waals surface area contributed by atoms with Crippen molar-refractivity contribution in [2.45, 2.75) is 0 Å². The zero-order chi connectivity index (χ0) is 20.6. The van der Waals surface area contributed by atoms with Gasteiger partial charge in [-0.3, -0.25) is 9.59 Å². The SMILES string of the molecule is N#Cc1ccccc1OCC(=O)NCC(=O)N1CCN(c2ccc(Cl)cc2)CC1. The molecule has 0 unspecified atom stereocenters. The van der Waals surface area contributed by atoms with E-state index in [4.69, 9.17) is 21.6 Å². The molecule has 1 N–H and O–H groups in total. The highest BCUT2D eigenvalue weighted by molar-refractivity contribution is 6.30. The van der Waals surface area contributed by atoms with Crippen LogP contribution in [0, 0.1) is 11.3 Å². The van der Waals surface area contributed by atoms with Gasteiger partial charge in [-0.05, 0) is 36.4 Å². The van der Waals surface area contributed by atoms with Crippen LogP contribution in [0.4, 0.5) is 5.69 Å². The zero-order valence-corrected chi connectivity index (χ0v) is 16.6. The van der Waals surface area contributed by atoms with E-state index in [1.165, 1.54) is 0 Å². The first-order chi connectivity index (χ1) is 14.1. The summed E-state index contributed by atoms with van der Waals surface area (Å²) < 4.78 is 5.36. The van der Waals surface area contributed by atoms with Gasteiger partial charge < -0.3 is 19.9 Å². The lowest BCUT2D eigenvalue weighted by molar-refractivity contribution is -0.133. The lowest BCUT2D eigenvalue weighted by atomic mass is 10.2. The fourth-order valence-corrected chi connectivity index (χ4v) is 3.16. The Kier molecular flexibility index (Phi) is 6.93. The Balaban J connectivity index is 1.40. The molecule has 0 spiro atoms. The van der Waals surface area contributed by atoms with E-state index in [2.05, 4.69) is 10.2 Å². The van der Waals surface area contributed by atoms with E-state index in [-0.39, 0.29) is 19.1 Å². The van der Waals surface area contributed by atoms with E-state index in [1.807, 2.05) is 30.3 Å². The van der Waals surface area contributed by atoms with E-state index in [0.717, 1.165) is 18.8 Å². The third kappa shape index (κ3) is 5.62. The summed E-state index contributed by atoms with van der Waals surface area (Å²) in [6.07, 6.45) is 0. The smallest absolute Gasteiger partial charge is 0.258 e. The van der Waals surface area contributed by atoms with Crippen LogP contribution in [0.2, 0.25) is 5.02 Å². The normalized spacial score (nSPS) is 13.5. The molecule has 0 aliphatic carbocycles. The summed E-state index contributed by atoms with van der Waals surface area (Å²) in [6, 6.07) is 16.3. The first kappa shape index (κ1) is 20.5. The molecule has 1 aliphatic rings. The van der Waals surface area contributed by atoms with Gasteiger partial charge in [0.25, 0.3) is 5.91 Å². The van der Waals surface area contributed by atoms with Crippen molar-refractivity contribution in [1.82, 2.24) is 10.2 Å². The minimum atomic E-state index is -0.411. The Morgan fingerprint density at radius 3 is 2.45 bits per heavy atom. The monoisotopic (exact) mass is 412 g/mol. The lowest BCUT2D eigenvalue weighted by Gasteiger charge is -2.36. The molecule has 0 saturated carbocycles. The first-order valence-electron chi connectivity index (χ1n) is 9.24. The van der Waals surface area contributed by atoms with Gasteiger partial charge >= 0.3 is 0 Å². The van der Waals surface area contributed by atoms with Gasteiger partial charge in [-0.25, -0.2) is 0 Å². The van der Waals surface area contributed by atoms with Gasteiger partial charge in [-0.1, -0.05) is 23.7 Å². The van der Waals surface area contributed by atoms with E-state index in [1.54, 1.807) is 29.2 Å². The molecule has 0 atom stereocenters. The second-order valence-electron chi connectivity index (χ2n) is 6.52. The second kappa shape index (κ2) is 9.80. The number of nitrogens with zero attached hydrogens (tertiary/aromatic N) is 3. The minimum absolute atomic E-state index is 0.0803. The largest absolute Gasteiger partial charge is 0.482 e. The summed E-state index contributed by atoms with van der Waals surface area (Å²) in [5.41, 5.74) is 1.43. The molecule has 29 heavy (non-hydrogen) atoms. The van der Waals surface area contributed by atoms with Crippen molar-refractivity contribution >= 4 is 29.1 Å². The molecular weight excluding hydrogens is 392 g/mol. The maximum atomic E-state index is 12.4. The molecule has 1 saturated heterocycles. The molecule has 0 aromatic heterocycles. The fraction of sp³-hybridized carbons (Fsp3) is 0.286. The number of rotatable bonds is 6. The molecule has 150 valence electrons. The Hall–Kier alpha value is -3.24. The van der Waals surface area contributed by atoms with Gasteiger partial charge in [0.2, 0.25) is 5.91 Å². The summed E-state index contributed by atoms with van der Waals surface area (Å²) in [7, 11) is 0. The molecule has 8 heteroatoms. The predicted octanol–water partition coefficient (Wildman–Crippen LogP) is 2.06. The summed E-state index contributed by atoms with van der Waals surface area (Å²) in [5.74, 6) is -0.202. The minimum Gasteiger partial charge on any atom is -0.482 e. The number of ether oxygens (including phenoxy) is 1. The molecule has 2 amide bonds. The van der Waals surface area contributed by atoms with Crippen LogP contribution < -0.4 is 15.0 Å². The molecule has 2 aromatic rings. The van der Waals surface area contributed by atoms with Crippen molar-refractivity contribution in [3.05, 3.63) is 59.1 Å². The van der Waals surface area contributed by atoms with E-state index in [0.29, 0.717) is 29.4 Å². The Bertz CT molecular complexity index is 903. The molecule has 0 radical (unpaired) electrons. The number of piperazine rings is 1. The number of carbonyl (C=O) groups is 2. The highest BCUT2D eigenvalue weighted by Gasteiger charge is 2.21. The number of nitrogens with one attached hydrogen (secondary N) is 1. The van der Waals surface area contributed by atoms with Gasteiger partial charge in [0.05, 0.1) is 12.1 Å². The molecule has 7 nitrogen and oxygen atoms in total. The predicted molar refractivity (Wildman–Crippen MR) is 110 cm³/mol. The standard InChI is InChI=1S/C21H21ClN4O3/c22-17-5-7-18(8-6-17)25-9-11-26(12-10-25)21(28)14-24-20(27)15-29-19-4-2-1-3-16(19)13-23/h1-8H,9-12,14-15H2,(H,24,27). The summed E-state index contributed by atoms with van der Waals surface area (Å²) in [5, 5.41) is 12.3. The van der Waals surface area contributed by atoms with Gasteiger partial charge in [-0.15, -0.1) is 0 Å². The highest BCUT2D eigenvalue weighted by atomic mass is 35.5. The van der Waals surface area contributed by atoms with Crippen LogP contribution in [0.1, 0.15) is 5.56 Å². The summed E-state index contributed by atoms with van der Waals surface area (Å²) in [4.78, 5) is 28.2. The summed E-state index contributed by atoms with van der Waals surface area (Å²) >= 11 is 5.92. The Morgan fingerprint density at radius 2 is 1.76 bits per heavy atom. The van der Waals surface area contributed by atoms with Crippen LogP contribution in [0.15, 0.2) is 48.5 Å².